The summed E-state index contributed by atoms with van der Waals surface area (Å²) in [5.74, 6) is 0. The lowest BCUT2D eigenvalue weighted by Gasteiger charge is -2.28. The van der Waals surface area contributed by atoms with E-state index in [1.165, 1.54) is 0 Å². The molecule has 0 saturated carbocycles. The molecule has 11 heavy (non-hydrogen) atoms. The molecule has 0 aromatic rings. The largest absolute Gasteiger partial charge is 0.386 e. The van der Waals surface area contributed by atoms with Gasteiger partial charge in [0.15, 0.2) is 0 Å². The Bertz CT molecular complexity index is 119. The van der Waals surface area contributed by atoms with Gasteiger partial charge in [-0.2, -0.15) is 0 Å². The molecule has 1 rings (SSSR count). The third-order valence-corrected chi connectivity index (χ3v) is 1.69. The summed E-state index contributed by atoms with van der Waals surface area (Å²) in [4.78, 5) is 0. The molecule has 1 saturated heterocycles. The van der Waals surface area contributed by atoms with E-state index in [-0.39, 0.29) is 12.6 Å². The molecule has 1 fully saturated rings. The minimum absolute atomic E-state index is 0.0238. The van der Waals surface area contributed by atoms with E-state index in [1.807, 2.05) is 0 Å². The Labute approximate surface area is 63.8 Å². The Morgan fingerprint density at radius 1 is 1.55 bits per heavy atom. The molecule has 1 aliphatic rings. The fourth-order valence-electron chi connectivity index (χ4n) is 0.810. The van der Waals surface area contributed by atoms with E-state index in [0.29, 0.717) is 0 Å². The molecular formula is C6H12F2N2O. The molecular weight excluding hydrogens is 154 g/mol. The maximum absolute atomic E-state index is 11.7. The summed E-state index contributed by atoms with van der Waals surface area (Å²) in [7, 11) is 0. The first-order chi connectivity index (χ1) is 5.20. The standard InChI is InChI=1S/C6H12F2N2O/c7-6(8)5(11)3-10-4-1-9-2-4/h4-6,9-11H,1-3H2. The van der Waals surface area contributed by atoms with Crippen LogP contribution in [0.15, 0.2) is 0 Å². The van der Waals surface area contributed by atoms with Gasteiger partial charge >= 0.3 is 0 Å². The minimum Gasteiger partial charge on any atom is -0.386 e. The van der Waals surface area contributed by atoms with Crippen LogP contribution in [0.2, 0.25) is 0 Å². The van der Waals surface area contributed by atoms with Crippen LogP contribution < -0.4 is 10.6 Å². The Kier molecular flexibility index (Phi) is 3.16. The van der Waals surface area contributed by atoms with Crippen LogP contribution in [0, 0.1) is 0 Å². The average molecular weight is 166 g/mol. The highest BCUT2D eigenvalue weighted by molar-refractivity contribution is 4.82. The van der Waals surface area contributed by atoms with E-state index in [4.69, 9.17) is 5.11 Å². The molecule has 5 heteroatoms. The number of nitrogens with one attached hydrogen (secondary N) is 2. The molecule has 0 bridgehead atoms. The van der Waals surface area contributed by atoms with Crippen LogP contribution in [0.3, 0.4) is 0 Å². The van der Waals surface area contributed by atoms with E-state index in [9.17, 15) is 8.78 Å². The third kappa shape index (κ3) is 2.69. The van der Waals surface area contributed by atoms with Gasteiger partial charge in [-0.25, -0.2) is 8.78 Å². The van der Waals surface area contributed by atoms with Crippen molar-refractivity contribution < 1.29 is 13.9 Å². The molecule has 3 N–H and O–H groups in total. The summed E-state index contributed by atoms with van der Waals surface area (Å²) in [6, 6.07) is 0.253. The zero-order chi connectivity index (χ0) is 8.27. The fourth-order valence-corrected chi connectivity index (χ4v) is 0.810. The first-order valence-electron chi connectivity index (χ1n) is 3.60. The second-order valence-electron chi connectivity index (χ2n) is 2.67. The average Bonchev–Trinajstić information content (AvgIpc) is 1.83. The van der Waals surface area contributed by atoms with Gasteiger partial charge in [0.05, 0.1) is 0 Å². The Morgan fingerprint density at radius 2 is 2.18 bits per heavy atom. The normalized spacial score (nSPS) is 21.8. The summed E-state index contributed by atoms with van der Waals surface area (Å²) in [6.07, 6.45) is -4.17. The van der Waals surface area contributed by atoms with Crippen molar-refractivity contribution in [2.24, 2.45) is 0 Å². The van der Waals surface area contributed by atoms with Gasteiger partial charge in [-0.3, -0.25) is 0 Å². The third-order valence-electron chi connectivity index (χ3n) is 1.69. The van der Waals surface area contributed by atoms with Crippen LogP contribution in [0.1, 0.15) is 0 Å². The summed E-state index contributed by atoms with van der Waals surface area (Å²) in [5, 5.41) is 14.5. The van der Waals surface area contributed by atoms with Crippen LogP contribution in [-0.4, -0.2) is 43.3 Å². The molecule has 0 aliphatic carbocycles. The van der Waals surface area contributed by atoms with Gasteiger partial charge in [0.1, 0.15) is 6.10 Å². The number of rotatable bonds is 4. The monoisotopic (exact) mass is 166 g/mol. The van der Waals surface area contributed by atoms with E-state index in [0.717, 1.165) is 13.1 Å². The molecule has 1 aliphatic heterocycles. The lowest BCUT2D eigenvalue weighted by Crippen LogP contribution is -2.57. The number of halogens is 2. The Hall–Kier alpha value is -0.260. The smallest absolute Gasteiger partial charge is 0.265 e. The summed E-state index contributed by atoms with van der Waals surface area (Å²) >= 11 is 0. The van der Waals surface area contributed by atoms with E-state index >= 15 is 0 Å². The highest BCUT2D eigenvalue weighted by Crippen LogP contribution is 1.99. The van der Waals surface area contributed by atoms with E-state index < -0.39 is 12.5 Å². The second kappa shape index (κ2) is 3.94. The van der Waals surface area contributed by atoms with Gasteiger partial charge in [-0.1, -0.05) is 0 Å². The molecule has 0 aromatic heterocycles. The molecule has 0 radical (unpaired) electrons. The number of aliphatic hydroxyl groups excluding tert-OH is 1. The van der Waals surface area contributed by atoms with Crippen LogP contribution >= 0.6 is 0 Å². The van der Waals surface area contributed by atoms with Gasteiger partial charge in [0.25, 0.3) is 6.43 Å². The van der Waals surface area contributed by atoms with E-state index in [1.54, 1.807) is 0 Å². The summed E-state index contributed by atoms with van der Waals surface area (Å²) < 4.78 is 23.4. The molecule has 66 valence electrons. The zero-order valence-electron chi connectivity index (χ0n) is 6.06. The van der Waals surface area contributed by atoms with Crippen LogP contribution in [0.4, 0.5) is 8.78 Å². The molecule has 3 nitrogen and oxygen atoms in total. The van der Waals surface area contributed by atoms with E-state index in [2.05, 4.69) is 10.6 Å². The predicted molar refractivity (Wildman–Crippen MR) is 36.7 cm³/mol. The Morgan fingerprint density at radius 3 is 2.55 bits per heavy atom. The fraction of sp³-hybridized carbons (Fsp3) is 1.00. The van der Waals surface area contributed by atoms with Crippen molar-refractivity contribution >= 4 is 0 Å². The molecule has 0 spiro atoms. The first kappa shape index (κ1) is 8.83. The quantitative estimate of drug-likeness (QED) is 0.511. The molecule has 0 aromatic carbocycles. The minimum atomic E-state index is -2.64. The van der Waals surface area contributed by atoms with Crippen molar-refractivity contribution in [3.63, 3.8) is 0 Å². The van der Waals surface area contributed by atoms with Crippen molar-refractivity contribution in [2.75, 3.05) is 19.6 Å². The summed E-state index contributed by atoms with van der Waals surface area (Å²) in [6.45, 7) is 1.58. The lowest BCUT2D eigenvalue weighted by molar-refractivity contribution is -0.00541. The van der Waals surface area contributed by atoms with Crippen molar-refractivity contribution in [3.8, 4) is 0 Å². The van der Waals surface area contributed by atoms with Gasteiger partial charge < -0.3 is 15.7 Å². The van der Waals surface area contributed by atoms with Crippen LogP contribution in [0.5, 0.6) is 0 Å². The van der Waals surface area contributed by atoms with Gasteiger partial charge in [-0.05, 0) is 0 Å². The highest BCUT2D eigenvalue weighted by atomic mass is 19.3. The van der Waals surface area contributed by atoms with Crippen molar-refractivity contribution in [2.45, 2.75) is 18.6 Å². The van der Waals surface area contributed by atoms with Crippen molar-refractivity contribution in [1.29, 1.82) is 0 Å². The topological polar surface area (TPSA) is 44.3 Å². The second-order valence-corrected chi connectivity index (χ2v) is 2.67. The molecule has 1 heterocycles. The molecule has 1 unspecified atom stereocenters. The number of aliphatic hydroxyl groups is 1. The predicted octanol–water partition coefficient (Wildman–Crippen LogP) is -0.826. The zero-order valence-corrected chi connectivity index (χ0v) is 6.06. The SMILES string of the molecule is OC(CNC1CNC1)C(F)F. The number of alkyl halides is 2. The lowest BCUT2D eigenvalue weighted by atomic mass is 10.2. The molecule has 0 amide bonds. The molecule has 1 atom stereocenters. The number of hydrogen-bond acceptors (Lipinski definition) is 3. The maximum atomic E-state index is 11.7. The van der Waals surface area contributed by atoms with Gasteiger partial charge in [-0.15, -0.1) is 0 Å². The van der Waals surface area contributed by atoms with Crippen LogP contribution in [0.25, 0.3) is 0 Å². The Balaban J connectivity index is 2.01. The van der Waals surface area contributed by atoms with Crippen molar-refractivity contribution in [3.05, 3.63) is 0 Å². The first-order valence-corrected chi connectivity index (χ1v) is 3.60. The number of hydrogen-bond donors (Lipinski definition) is 3. The van der Waals surface area contributed by atoms with Crippen LogP contribution in [-0.2, 0) is 0 Å². The maximum Gasteiger partial charge on any atom is 0.265 e. The van der Waals surface area contributed by atoms with Crippen molar-refractivity contribution in [1.82, 2.24) is 10.6 Å². The van der Waals surface area contributed by atoms with Gasteiger partial charge in [0.2, 0.25) is 0 Å². The summed E-state index contributed by atoms with van der Waals surface area (Å²) in [5.41, 5.74) is 0. The highest BCUT2D eigenvalue weighted by Gasteiger charge is 2.20. The van der Waals surface area contributed by atoms with Gasteiger partial charge in [0, 0.05) is 25.7 Å².